The van der Waals surface area contributed by atoms with Gasteiger partial charge >= 0.3 is 0 Å². The molecule has 1 aromatic heterocycles. The molecular weight excluding hydrogens is 236 g/mol. The fraction of sp³-hybridized carbons (Fsp3) is 0.750. The van der Waals surface area contributed by atoms with E-state index in [1.807, 2.05) is 10.9 Å². The van der Waals surface area contributed by atoms with E-state index in [4.69, 9.17) is 11.6 Å². The quantitative estimate of drug-likeness (QED) is 0.797. The van der Waals surface area contributed by atoms with Crippen LogP contribution in [0.5, 0.6) is 0 Å². The highest BCUT2D eigenvalue weighted by Gasteiger charge is 2.22. The fourth-order valence-electron chi connectivity index (χ4n) is 2.49. The lowest BCUT2D eigenvalue weighted by Crippen LogP contribution is -2.28. The molecule has 1 fully saturated rings. The van der Waals surface area contributed by atoms with Crippen LogP contribution in [0.15, 0.2) is 12.4 Å². The van der Waals surface area contributed by atoms with E-state index in [1.165, 1.54) is 26.1 Å². The number of halogens is 1. The maximum atomic E-state index is 5.83. The molecule has 2 rings (SSSR count). The van der Waals surface area contributed by atoms with Gasteiger partial charge in [0, 0.05) is 25.8 Å². The summed E-state index contributed by atoms with van der Waals surface area (Å²) in [6.07, 6.45) is 4.90. The monoisotopic (exact) mass is 256 g/mol. The zero-order chi connectivity index (χ0) is 12.3. The van der Waals surface area contributed by atoms with Crippen molar-refractivity contribution in [1.82, 2.24) is 19.6 Å². The van der Waals surface area contributed by atoms with E-state index < -0.39 is 0 Å². The largest absolute Gasteiger partial charge is 0.309 e. The summed E-state index contributed by atoms with van der Waals surface area (Å²) < 4.78 is 1.92. The van der Waals surface area contributed by atoms with Crippen LogP contribution in [0.3, 0.4) is 0 Å². The molecule has 0 N–H and O–H groups in total. The van der Waals surface area contributed by atoms with Crippen molar-refractivity contribution >= 4 is 11.6 Å². The maximum Gasteiger partial charge on any atom is 0.0785 e. The van der Waals surface area contributed by atoms with Gasteiger partial charge in [-0.15, -0.1) is 0 Å². The molecule has 1 atom stereocenters. The highest BCUT2D eigenvalue weighted by atomic mass is 35.5. The second kappa shape index (κ2) is 5.85. The van der Waals surface area contributed by atoms with Crippen molar-refractivity contribution in [1.29, 1.82) is 0 Å². The first-order chi connectivity index (χ1) is 8.13. The lowest BCUT2D eigenvalue weighted by molar-refractivity contribution is 0.280. The highest BCUT2D eigenvalue weighted by Crippen LogP contribution is 2.16. The van der Waals surface area contributed by atoms with Crippen molar-refractivity contribution < 1.29 is 0 Å². The summed E-state index contributed by atoms with van der Waals surface area (Å²) >= 11 is 5.83. The van der Waals surface area contributed by atoms with Crippen molar-refractivity contribution in [2.75, 3.05) is 40.3 Å². The smallest absolute Gasteiger partial charge is 0.0785 e. The molecule has 17 heavy (non-hydrogen) atoms. The van der Waals surface area contributed by atoms with Crippen molar-refractivity contribution in [2.24, 2.45) is 5.92 Å². The van der Waals surface area contributed by atoms with Crippen LogP contribution in [0, 0.1) is 5.92 Å². The zero-order valence-electron chi connectivity index (χ0n) is 10.6. The molecule has 96 valence electrons. The van der Waals surface area contributed by atoms with Crippen molar-refractivity contribution in [3.8, 4) is 0 Å². The van der Waals surface area contributed by atoms with Gasteiger partial charge < -0.3 is 9.80 Å². The second-order valence-corrected chi connectivity index (χ2v) is 5.58. The van der Waals surface area contributed by atoms with Gasteiger partial charge in [-0.2, -0.15) is 5.10 Å². The van der Waals surface area contributed by atoms with Gasteiger partial charge in [-0.1, -0.05) is 11.6 Å². The van der Waals surface area contributed by atoms with E-state index in [1.54, 1.807) is 6.20 Å². The summed E-state index contributed by atoms with van der Waals surface area (Å²) in [4.78, 5) is 4.80. The minimum atomic E-state index is 0.719. The van der Waals surface area contributed by atoms with Crippen molar-refractivity contribution in [2.45, 2.75) is 13.0 Å². The normalized spacial score (nSPS) is 21.5. The Morgan fingerprint density at radius 2 is 2.29 bits per heavy atom. The fourth-order valence-corrected chi connectivity index (χ4v) is 2.64. The van der Waals surface area contributed by atoms with E-state index in [2.05, 4.69) is 29.0 Å². The first kappa shape index (κ1) is 12.9. The minimum absolute atomic E-state index is 0.719. The molecule has 1 aromatic rings. The summed E-state index contributed by atoms with van der Waals surface area (Å²) in [5.41, 5.74) is 0. The van der Waals surface area contributed by atoms with Gasteiger partial charge in [0.2, 0.25) is 0 Å². The Balaban J connectivity index is 1.71. The van der Waals surface area contributed by atoms with Crippen LogP contribution in [0.1, 0.15) is 6.42 Å². The molecule has 0 aromatic carbocycles. The zero-order valence-corrected chi connectivity index (χ0v) is 11.4. The van der Waals surface area contributed by atoms with Gasteiger partial charge in [-0.3, -0.25) is 4.68 Å². The number of likely N-dealkylation sites (tertiary alicyclic amines) is 1. The Morgan fingerprint density at radius 3 is 2.94 bits per heavy atom. The first-order valence-corrected chi connectivity index (χ1v) is 6.56. The number of rotatable bonds is 5. The van der Waals surface area contributed by atoms with Crippen LogP contribution in [-0.2, 0) is 6.54 Å². The molecule has 1 aliphatic heterocycles. The molecular formula is C12H21ClN4. The molecule has 0 radical (unpaired) electrons. The topological polar surface area (TPSA) is 24.3 Å². The average Bonchev–Trinajstić information content (AvgIpc) is 2.84. The third kappa shape index (κ3) is 3.98. The van der Waals surface area contributed by atoms with Crippen molar-refractivity contribution in [3.63, 3.8) is 0 Å². The minimum Gasteiger partial charge on any atom is -0.309 e. The van der Waals surface area contributed by atoms with E-state index in [9.17, 15) is 0 Å². The van der Waals surface area contributed by atoms with Crippen LogP contribution in [0.4, 0.5) is 0 Å². The standard InChI is InChI=1S/C12H21ClN4/c1-15(2)8-11-3-4-16(9-11)5-6-17-10-12(13)7-14-17/h7,10-11H,3-6,8-9H2,1-2H3. The Kier molecular flexibility index (Phi) is 4.42. The van der Waals surface area contributed by atoms with Crippen LogP contribution < -0.4 is 0 Å². The second-order valence-electron chi connectivity index (χ2n) is 5.14. The third-order valence-electron chi connectivity index (χ3n) is 3.24. The van der Waals surface area contributed by atoms with Gasteiger partial charge in [0.1, 0.15) is 0 Å². The molecule has 4 nitrogen and oxygen atoms in total. The predicted octanol–water partition coefficient (Wildman–Crippen LogP) is 1.42. The van der Waals surface area contributed by atoms with Crippen LogP contribution in [-0.4, -0.2) is 59.9 Å². The van der Waals surface area contributed by atoms with E-state index in [0.717, 1.165) is 24.0 Å². The molecule has 1 saturated heterocycles. The van der Waals surface area contributed by atoms with Crippen LogP contribution >= 0.6 is 11.6 Å². The molecule has 0 saturated carbocycles. The Labute approximate surface area is 108 Å². The molecule has 2 heterocycles. The molecule has 0 bridgehead atoms. The lowest BCUT2D eigenvalue weighted by atomic mass is 10.1. The summed E-state index contributed by atoms with van der Waals surface area (Å²) in [5.74, 6) is 0.825. The number of aromatic nitrogens is 2. The summed E-state index contributed by atoms with van der Waals surface area (Å²) in [6.45, 7) is 5.63. The number of nitrogens with zero attached hydrogens (tertiary/aromatic N) is 4. The maximum absolute atomic E-state index is 5.83. The number of hydrogen-bond donors (Lipinski definition) is 0. The van der Waals surface area contributed by atoms with E-state index in [-0.39, 0.29) is 0 Å². The Hall–Kier alpha value is -0.580. The summed E-state index contributed by atoms with van der Waals surface area (Å²) in [6, 6.07) is 0. The van der Waals surface area contributed by atoms with Gasteiger partial charge in [0.05, 0.1) is 17.8 Å². The molecule has 1 unspecified atom stereocenters. The lowest BCUT2D eigenvalue weighted by Gasteiger charge is -2.18. The van der Waals surface area contributed by atoms with E-state index in [0.29, 0.717) is 0 Å². The summed E-state index contributed by atoms with van der Waals surface area (Å²) in [5, 5.41) is 4.91. The summed E-state index contributed by atoms with van der Waals surface area (Å²) in [7, 11) is 4.29. The Morgan fingerprint density at radius 1 is 1.47 bits per heavy atom. The molecule has 1 aliphatic rings. The third-order valence-corrected chi connectivity index (χ3v) is 3.44. The van der Waals surface area contributed by atoms with Gasteiger partial charge in [-0.05, 0) is 33.0 Å². The number of hydrogen-bond acceptors (Lipinski definition) is 3. The van der Waals surface area contributed by atoms with Crippen LogP contribution in [0.2, 0.25) is 5.02 Å². The Bertz CT molecular complexity index is 350. The molecule has 5 heteroatoms. The highest BCUT2D eigenvalue weighted by molar-refractivity contribution is 6.30. The van der Waals surface area contributed by atoms with Crippen molar-refractivity contribution in [3.05, 3.63) is 17.4 Å². The average molecular weight is 257 g/mol. The van der Waals surface area contributed by atoms with Gasteiger partial charge in [0.25, 0.3) is 0 Å². The van der Waals surface area contributed by atoms with Gasteiger partial charge in [-0.25, -0.2) is 0 Å². The SMILES string of the molecule is CN(C)CC1CCN(CCn2cc(Cl)cn2)C1. The van der Waals surface area contributed by atoms with E-state index >= 15 is 0 Å². The molecule has 0 aliphatic carbocycles. The van der Waals surface area contributed by atoms with Gasteiger partial charge in [0.15, 0.2) is 0 Å². The first-order valence-electron chi connectivity index (χ1n) is 6.18. The molecule has 0 spiro atoms. The van der Waals surface area contributed by atoms with Crippen LogP contribution in [0.25, 0.3) is 0 Å². The predicted molar refractivity (Wildman–Crippen MR) is 70.3 cm³/mol. The molecule has 0 amide bonds.